The fourth-order valence-corrected chi connectivity index (χ4v) is 1.76. The average molecular weight is 243 g/mol. The second kappa shape index (κ2) is 6.24. The number of hydrogen-bond donors (Lipinski definition) is 2. The van der Waals surface area contributed by atoms with Crippen molar-refractivity contribution in [2.24, 2.45) is 0 Å². The Bertz CT molecular complexity index is 375. The first-order valence-electron chi connectivity index (χ1n) is 4.84. The summed E-state index contributed by atoms with van der Waals surface area (Å²) < 4.78 is 5.05. The molecule has 0 aliphatic heterocycles. The lowest BCUT2D eigenvalue weighted by Crippen LogP contribution is -2.17. The van der Waals surface area contributed by atoms with Crippen molar-refractivity contribution in [3.05, 3.63) is 17.0 Å². The molecule has 0 unspecified atom stereocenters. The Labute approximate surface area is 97.0 Å². The highest BCUT2D eigenvalue weighted by Gasteiger charge is 2.09. The summed E-state index contributed by atoms with van der Waals surface area (Å²) in [4.78, 5) is 22.1. The number of amides is 1. The molecule has 0 spiro atoms. The Morgan fingerprint density at radius 3 is 2.81 bits per heavy atom. The number of thiophene rings is 1. The zero-order chi connectivity index (χ0) is 12.0. The van der Waals surface area contributed by atoms with Crippen LogP contribution in [0.15, 0.2) is 12.1 Å². The van der Waals surface area contributed by atoms with Gasteiger partial charge in [0, 0.05) is 6.61 Å². The molecule has 6 heteroatoms. The fraction of sp³-hybridized carbons (Fsp3) is 0.400. The molecule has 0 radical (unpaired) electrons. The number of anilines is 1. The van der Waals surface area contributed by atoms with Crippen molar-refractivity contribution in [1.29, 1.82) is 0 Å². The second-order valence-corrected chi connectivity index (χ2v) is 4.15. The van der Waals surface area contributed by atoms with E-state index in [1.165, 1.54) is 6.07 Å². The van der Waals surface area contributed by atoms with Gasteiger partial charge in [-0.3, -0.25) is 4.79 Å². The van der Waals surface area contributed by atoms with Gasteiger partial charge >= 0.3 is 5.97 Å². The lowest BCUT2D eigenvalue weighted by atomic mass is 10.5. The quantitative estimate of drug-likeness (QED) is 0.747. The van der Waals surface area contributed by atoms with Crippen LogP contribution in [0.4, 0.5) is 5.00 Å². The fourth-order valence-electron chi connectivity index (χ4n) is 1.00. The number of carboxylic acids is 1. The van der Waals surface area contributed by atoms with Gasteiger partial charge in [-0.1, -0.05) is 6.92 Å². The number of aromatic carboxylic acids is 1. The zero-order valence-electron chi connectivity index (χ0n) is 8.86. The number of carbonyl (C=O) groups is 2. The summed E-state index contributed by atoms with van der Waals surface area (Å²) in [5.74, 6) is -1.26. The molecule has 1 rings (SSSR count). The molecular weight excluding hydrogens is 230 g/mol. The minimum Gasteiger partial charge on any atom is -0.477 e. The number of nitrogens with one attached hydrogen (secondary N) is 1. The smallest absolute Gasteiger partial charge is 0.345 e. The lowest BCUT2D eigenvalue weighted by molar-refractivity contribution is -0.120. The highest BCUT2D eigenvalue weighted by molar-refractivity contribution is 7.18. The second-order valence-electron chi connectivity index (χ2n) is 3.07. The molecule has 2 N–H and O–H groups in total. The standard InChI is InChI=1S/C10H13NO4S/c1-2-5-15-6-8(12)11-9-4-3-7(16-9)10(13)14/h3-4H,2,5-6H2,1H3,(H,11,12)(H,13,14). The topological polar surface area (TPSA) is 75.6 Å². The van der Waals surface area contributed by atoms with E-state index in [4.69, 9.17) is 9.84 Å². The summed E-state index contributed by atoms with van der Waals surface area (Å²) in [7, 11) is 0. The summed E-state index contributed by atoms with van der Waals surface area (Å²) in [5, 5.41) is 11.8. The van der Waals surface area contributed by atoms with Gasteiger partial charge in [-0.05, 0) is 18.6 Å². The summed E-state index contributed by atoms with van der Waals surface area (Å²) in [6, 6.07) is 3.02. The largest absolute Gasteiger partial charge is 0.477 e. The maximum absolute atomic E-state index is 11.3. The Balaban J connectivity index is 2.40. The van der Waals surface area contributed by atoms with E-state index in [9.17, 15) is 9.59 Å². The molecule has 0 fully saturated rings. The molecule has 1 aromatic rings. The summed E-state index contributed by atoms with van der Waals surface area (Å²) >= 11 is 1.02. The molecule has 5 nitrogen and oxygen atoms in total. The Hall–Kier alpha value is -1.40. The molecule has 1 heterocycles. The molecule has 0 bridgehead atoms. The van der Waals surface area contributed by atoms with Crippen LogP contribution in [-0.4, -0.2) is 30.2 Å². The Morgan fingerprint density at radius 2 is 2.25 bits per heavy atom. The van der Waals surface area contributed by atoms with Gasteiger partial charge in [0.05, 0.1) is 5.00 Å². The van der Waals surface area contributed by atoms with E-state index in [1.54, 1.807) is 6.07 Å². The zero-order valence-corrected chi connectivity index (χ0v) is 9.67. The van der Waals surface area contributed by atoms with Crippen molar-refractivity contribution in [1.82, 2.24) is 0 Å². The molecule has 88 valence electrons. The van der Waals surface area contributed by atoms with Gasteiger partial charge < -0.3 is 15.2 Å². The molecule has 16 heavy (non-hydrogen) atoms. The van der Waals surface area contributed by atoms with Crippen molar-refractivity contribution < 1.29 is 19.4 Å². The lowest BCUT2D eigenvalue weighted by Gasteiger charge is -2.02. The Morgan fingerprint density at radius 1 is 1.50 bits per heavy atom. The van der Waals surface area contributed by atoms with Crippen molar-refractivity contribution in [3.63, 3.8) is 0 Å². The van der Waals surface area contributed by atoms with Crippen LogP contribution in [-0.2, 0) is 9.53 Å². The SMILES string of the molecule is CCCOCC(=O)Nc1ccc(C(=O)O)s1. The molecule has 0 saturated carbocycles. The van der Waals surface area contributed by atoms with Gasteiger partial charge in [0.2, 0.25) is 0 Å². The van der Waals surface area contributed by atoms with E-state index in [-0.39, 0.29) is 17.4 Å². The number of carboxylic acid groups (broad SMARTS) is 1. The van der Waals surface area contributed by atoms with Gasteiger partial charge in [0.1, 0.15) is 11.5 Å². The third-order valence-electron chi connectivity index (χ3n) is 1.66. The normalized spacial score (nSPS) is 10.1. The monoisotopic (exact) mass is 243 g/mol. The predicted molar refractivity (Wildman–Crippen MR) is 61.0 cm³/mol. The van der Waals surface area contributed by atoms with Gasteiger partial charge in [-0.15, -0.1) is 11.3 Å². The maximum atomic E-state index is 11.3. The highest BCUT2D eigenvalue weighted by atomic mass is 32.1. The number of rotatable bonds is 6. The summed E-state index contributed by atoms with van der Waals surface area (Å²) in [6.07, 6.45) is 0.857. The molecule has 0 saturated heterocycles. The van der Waals surface area contributed by atoms with Crippen LogP contribution >= 0.6 is 11.3 Å². The molecule has 0 aliphatic rings. The average Bonchev–Trinajstić information content (AvgIpc) is 2.66. The molecule has 1 aromatic heterocycles. The molecule has 0 aromatic carbocycles. The van der Waals surface area contributed by atoms with Gasteiger partial charge in [-0.25, -0.2) is 4.79 Å². The van der Waals surface area contributed by atoms with E-state index >= 15 is 0 Å². The van der Waals surface area contributed by atoms with E-state index in [1.807, 2.05) is 6.92 Å². The van der Waals surface area contributed by atoms with Crippen LogP contribution in [0, 0.1) is 0 Å². The van der Waals surface area contributed by atoms with E-state index in [0.717, 1.165) is 17.8 Å². The first kappa shape index (κ1) is 12.7. The Kier molecular flexibility index (Phi) is 4.94. The molecule has 0 atom stereocenters. The predicted octanol–water partition coefficient (Wildman–Crippen LogP) is 1.81. The third-order valence-corrected chi connectivity index (χ3v) is 2.65. The van der Waals surface area contributed by atoms with Crippen LogP contribution in [0.5, 0.6) is 0 Å². The van der Waals surface area contributed by atoms with E-state index in [2.05, 4.69) is 5.32 Å². The maximum Gasteiger partial charge on any atom is 0.345 e. The first-order chi connectivity index (χ1) is 7.63. The summed E-state index contributed by atoms with van der Waals surface area (Å²) in [5.41, 5.74) is 0. The van der Waals surface area contributed by atoms with Gasteiger partial charge in [0.25, 0.3) is 5.91 Å². The minimum atomic E-state index is -0.993. The van der Waals surface area contributed by atoms with Crippen LogP contribution in [0.3, 0.4) is 0 Å². The van der Waals surface area contributed by atoms with E-state index < -0.39 is 5.97 Å². The summed E-state index contributed by atoms with van der Waals surface area (Å²) in [6.45, 7) is 2.49. The molecular formula is C10H13NO4S. The molecule has 1 amide bonds. The van der Waals surface area contributed by atoms with Crippen molar-refractivity contribution in [2.75, 3.05) is 18.5 Å². The molecule has 0 aliphatic carbocycles. The van der Waals surface area contributed by atoms with Crippen LogP contribution in [0.25, 0.3) is 0 Å². The van der Waals surface area contributed by atoms with Gasteiger partial charge in [0.15, 0.2) is 0 Å². The van der Waals surface area contributed by atoms with E-state index in [0.29, 0.717) is 11.6 Å². The number of ether oxygens (including phenoxy) is 1. The number of hydrogen-bond acceptors (Lipinski definition) is 4. The minimum absolute atomic E-state index is 0.00581. The van der Waals surface area contributed by atoms with Crippen molar-refractivity contribution in [3.8, 4) is 0 Å². The van der Waals surface area contributed by atoms with Crippen molar-refractivity contribution >= 4 is 28.2 Å². The van der Waals surface area contributed by atoms with Crippen LogP contribution < -0.4 is 5.32 Å². The van der Waals surface area contributed by atoms with Crippen LogP contribution in [0.1, 0.15) is 23.0 Å². The highest BCUT2D eigenvalue weighted by Crippen LogP contribution is 2.21. The van der Waals surface area contributed by atoms with Crippen LogP contribution in [0.2, 0.25) is 0 Å². The van der Waals surface area contributed by atoms with Crippen molar-refractivity contribution in [2.45, 2.75) is 13.3 Å². The first-order valence-corrected chi connectivity index (χ1v) is 5.66. The number of carbonyl (C=O) groups excluding carboxylic acids is 1. The third kappa shape index (κ3) is 4.00. The van der Waals surface area contributed by atoms with Gasteiger partial charge in [-0.2, -0.15) is 0 Å².